The predicted octanol–water partition coefficient (Wildman–Crippen LogP) is 4.42. The quantitative estimate of drug-likeness (QED) is 0.428. The van der Waals surface area contributed by atoms with E-state index in [1.807, 2.05) is 13.8 Å². The van der Waals surface area contributed by atoms with E-state index in [-0.39, 0.29) is 5.92 Å². The second-order valence-corrected chi connectivity index (χ2v) is 7.28. The molecular weight excluding hydrogens is 282 g/mol. The number of carbonyl (C=O) groups is 1. The van der Waals surface area contributed by atoms with Gasteiger partial charge in [-0.25, -0.2) is 4.79 Å². The number of carbonyl (C=O) groups excluding carboxylic acids is 1. The lowest BCUT2D eigenvalue weighted by Crippen LogP contribution is -2.40. The van der Waals surface area contributed by atoms with Crippen LogP contribution in [0, 0.1) is 5.92 Å². The molecule has 0 fully saturated rings. The van der Waals surface area contributed by atoms with E-state index in [0.29, 0.717) is 0 Å². The first kappa shape index (κ1) is 15.1. The molecule has 0 spiro atoms. The van der Waals surface area contributed by atoms with Gasteiger partial charge in [0.05, 0.1) is 0 Å². The molecule has 1 rings (SSSR count). The molecule has 0 amide bonds. The van der Waals surface area contributed by atoms with E-state index in [4.69, 9.17) is 39.5 Å². The van der Waals surface area contributed by atoms with Gasteiger partial charge >= 0.3 is 5.97 Å². The maximum absolute atomic E-state index is 11.6. The van der Waals surface area contributed by atoms with E-state index in [2.05, 4.69) is 13.0 Å². The molecule has 98 valence electrons. The zero-order chi connectivity index (χ0) is 13.3. The maximum atomic E-state index is 11.6. The van der Waals surface area contributed by atoms with Gasteiger partial charge in [-0.15, -0.1) is 0 Å². The average molecular weight is 300 g/mol. The third-order valence-corrected chi connectivity index (χ3v) is 3.52. The van der Waals surface area contributed by atoms with Gasteiger partial charge in [0.25, 0.3) is 3.79 Å². The molecule has 5 heteroatoms. The van der Waals surface area contributed by atoms with Gasteiger partial charge in [-0.3, -0.25) is 0 Å². The highest BCUT2D eigenvalue weighted by atomic mass is 35.6. The Hall–Kier alpha value is 0.0800. The molecule has 0 N–H and O–H groups in total. The molecule has 0 bridgehead atoms. The van der Waals surface area contributed by atoms with Crippen molar-refractivity contribution in [1.82, 2.24) is 0 Å². The summed E-state index contributed by atoms with van der Waals surface area (Å²) in [5, 5.41) is 0. The van der Waals surface area contributed by atoms with Gasteiger partial charge in [0.2, 0.25) is 0 Å². The fraction of sp³-hybridized carbons (Fsp3) is 0.750. The Balaban J connectivity index is 2.75. The van der Waals surface area contributed by atoms with Crippen LogP contribution < -0.4 is 0 Å². The van der Waals surface area contributed by atoms with Crippen molar-refractivity contribution in [2.45, 2.75) is 49.4 Å². The summed E-state index contributed by atoms with van der Waals surface area (Å²) in [6.07, 6.45) is 5.33. The standard InChI is InChI=1S/C12H17Cl3O2/c1-8-5-4-6-9(7-8)11(2,3)17-10(16)12(13,14)15/h7,9H,4-6H2,1-3H3. The largest absolute Gasteiger partial charge is 0.456 e. The summed E-state index contributed by atoms with van der Waals surface area (Å²) in [4.78, 5) is 11.6. The van der Waals surface area contributed by atoms with Gasteiger partial charge in [-0.1, -0.05) is 46.5 Å². The van der Waals surface area contributed by atoms with Crippen LogP contribution in [0.3, 0.4) is 0 Å². The number of esters is 1. The molecule has 17 heavy (non-hydrogen) atoms. The number of rotatable bonds is 2. The molecule has 2 nitrogen and oxygen atoms in total. The number of halogens is 3. The minimum absolute atomic E-state index is 0.174. The van der Waals surface area contributed by atoms with Crippen molar-refractivity contribution in [2.24, 2.45) is 5.92 Å². The van der Waals surface area contributed by atoms with Gasteiger partial charge in [0.1, 0.15) is 5.60 Å². The van der Waals surface area contributed by atoms with E-state index in [0.717, 1.165) is 19.3 Å². The average Bonchev–Trinajstić information content (AvgIpc) is 2.15. The van der Waals surface area contributed by atoms with E-state index < -0.39 is 15.4 Å². The van der Waals surface area contributed by atoms with Crippen LogP contribution in [0.5, 0.6) is 0 Å². The summed E-state index contributed by atoms with van der Waals surface area (Å²) in [6.45, 7) is 5.78. The van der Waals surface area contributed by atoms with Crippen LogP contribution in [0.4, 0.5) is 0 Å². The van der Waals surface area contributed by atoms with Crippen molar-refractivity contribution in [3.8, 4) is 0 Å². The Morgan fingerprint density at radius 1 is 1.41 bits per heavy atom. The third kappa shape index (κ3) is 4.35. The van der Waals surface area contributed by atoms with Gasteiger partial charge in [-0.05, 0) is 40.0 Å². The number of allylic oxidation sites excluding steroid dienone is 1. The Bertz CT molecular complexity index is 329. The van der Waals surface area contributed by atoms with Gasteiger partial charge in [0.15, 0.2) is 0 Å². The zero-order valence-electron chi connectivity index (χ0n) is 10.2. The number of hydrogen-bond acceptors (Lipinski definition) is 2. The van der Waals surface area contributed by atoms with Crippen molar-refractivity contribution >= 4 is 40.8 Å². The smallest absolute Gasteiger partial charge is 0.359 e. The number of alkyl halides is 3. The van der Waals surface area contributed by atoms with Crippen LogP contribution in [0.1, 0.15) is 40.0 Å². The highest BCUT2D eigenvalue weighted by Gasteiger charge is 2.40. The molecule has 0 saturated heterocycles. The SMILES string of the molecule is CC1=CC(C(C)(C)OC(=O)C(Cl)(Cl)Cl)CCC1. The summed E-state index contributed by atoms with van der Waals surface area (Å²) >= 11 is 16.5. The maximum Gasteiger partial charge on any atom is 0.359 e. The van der Waals surface area contributed by atoms with Crippen LogP contribution >= 0.6 is 34.8 Å². The lowest BCUT2D eigenvalue weighted by molar-refractivity contribution is -0.159. The fourth-order valence-electron chi connectivity index (χ4n) is 2.03. The molecule has 0 saturated carbocycles. The highest BCUT2D eigenvalue weighted by Crippen LogP contribution is 2.36. The van der Waals surface area contributed by atoms with Gasteiger partial charge < -0.3 is 4.74 Å². The van der Waals surface area contributed by atoms with E-state index in [1.165, 1.54) is 5.57 Å². The molecule has 1 aliphatic rings. The normalized spacial score (nSPS) is 22.0. The summed E-state index contributed by atoms with van der Waals surface area (Å²) in [5.41, 5.74) is 0.669. The molecule has 0 heterocycles. The Morgan fingerprint density at radius 3 is 2.47 bits per heavy atom. The molecule has 1 atom stereocenters. The van der Waals surface area contributed by atoms with Crippen molar-refractivity contribution in [3.05, 3.63) is 11.6 Å². The molecule has 1 aliphatic carbocycles. The molecule has 0 aromatic heterocycles. The first-order valence-corrected chi connectivity index (χ1v) is 6.74. The summed E-state index contributed by atoms with van der Waals surface area (Å²) < 4.78 is 3.30. The lowest BCUT2D eigenvalue weighted by Gasteiger charge is -2.35. The van der Waals surface area contributed by atoms with Crippen LogP contribution in [0.15, 0.2) is 11.6 Å². The van der Waals surface area contributed by atoms with Crippen molar-refractivity contribution < 1.29 is 9.53 Å². The Labute approximate surface area is 117 Å². The van der Waals surface area contributed by atoms with Crippen molar-refractivity contribution in [1.29, 1.82) is 0 Å². The third-order valence-electron chi connectivity index (χ3n) is 3.05. The molecule has 0 aliphatic heterocycles. The van der Waals surface area contributed by atoms with Crippen molar-refractivity contribution in [3.63, 3.8) is 0 Å². The first-order valence-electron chi connectivity index (χ1n) is 5.60. The van der Waals surface area contributed by atoms with Crippen molar-refractivity contribution in [2.75, 3.05) is 0 Å². The van der Waals surface area contributed by atoms with Crippen LogP contribution in [-0.4, -0.2) is 15.4 Å². The Kier molecular flexibility index (Phi) is 4.79. The summed E-state index contributed by atoms with van der Waals surface area (Å²) in [5.74, 6) is -0.642. The second-order valence-electron chi connectivity index (χ2n) is 5.00. The predicted molar refractivity (Wildman–Crippen MR) is 71.6 cm³/mol. The topological polar surface area (TPSA) is 26.3 Å². The number of ether oxygens (including phenoxy) is 1. The summed E-state index contributed by atoms with van der Waals surface area (Å²) in [6, 6.07) is 0. The van der Waals surface area contributed by atoms with E-state index >= 15 is 0 Å². The van der Waals surface area contributed by atoms with Gasteiger partial charge in [-0.2, -0.15) is 0 Å². The van der Waals surface area contributed by atoms with Crippen LogP contribution in [0.2, 0.25) is 0 Å². The zero-order valence-corrected chi connectivity index (χ0v) is 12.5. The van der Waals surface area contributed by atoms with E-state index in [1.54, 1.807) is 0 Å². The first-order chi connectivity index (χ1) is 7.63. The van der Waals surface area contributed by atoms with Gasteiger partial charge in [0, 0.05) is 5.92 Å². The van der Waals surface area contributed by atoms with Crippen LogP contribution in [-0.2, 0) is 9.53 Å². The minimum Gasteiger partial charge on any atom is -0.456 e. The highest BCUT2D eigenvalue weighted by molar-refractivity contribution is 6.75. The monoisotopic (exact) mass is 298 g/mol. The molecular formula is C12H17Cl3O2. The lowest BCUT2D eigenvalue weighted by atomic mass is 9.81. The van der Waals surface area contributed by atoms with Crippen LogP contribution in [0.25, 0.3) is 0 Å². The minimum atomic E-state index is -2.01. The van der Waals surface area contributed by atoms with E-state index in [9.17, 15) is 4.79 Å². The second kappa shape index (κ2) is 5.38. The fourth-order valence-corrected chi connectivity index (χ4v) is 2.15. The molecule has 0 radical (unpaired) electrons. The summed E-state index contributed by atoms with van der Waals surface area (Å²) in [7, 11) is 0. The Morgan fingerprint density at radius 2 is 2.00 bits per heavy atom. The molecule has 0 aromatic rings. The number of hydrogen-bond donors (Lipinski definition) is 0. The molecule has 0 aromatic carbocycles. The molecule has 1 unspecified atom stereocenters.